The molecule has 0 N–H and O–H groups in total. The van der Waals surface area contributed by atoms with Crippen LogP contribution >= 0.6 is 0 Å². The summed E-state index contributed by atoms with van der Waals surface area (Å²) < 4.78 is 20.7. The smallest absolute Gasteiger partial charge is 0.360 e. The highest BCUT2D eigenvalue weighted by Gasteiger charge is 2.32. The number of benzene rings is 2. The van der Waals surface area contributed by atoms with Gasteiger partial charge in [-0.2, -0.15) is 5.10 Å². The number of ether oxygens (including phenoxy) is 1. The molecule has 0 fully saturated rings. The third kappa shape index (κ3) is 3.70. The number of halogens is 1. The molecule has 30 heavy (non-hydrogen) atoms. The van der Waals surface area contributed by atoms with E-state index in [0.29, 0.717) is 17.7 Å². The molecule has 1 heterocycles. The van der Waals surface area contributed by atoms with Crippen molar-refractivity contribution in [3.05, 3.63) is 82.9 Å². The summed E-state index contributed by atoms with van der Waals surface area (Å²) >= 11 is 0. The second-order valence-electron chi connectivity index (χ2n) is 7.44. The van der Waals surface area contributed by atoms with Crippen molar-refractivity contribution in [3.63, 3.8) is 0 Å². The average molecular weight is 407 g/mol. The molecule has 0 spiro atoms. The Kier molecular flexibility index (Phi) is 5.35. The van der Waals surface area contributed by atoms with Crippen LogP contribution in [0.2, 0.25) is 0 Å². The summed E-state index contributed by atoms with van der Waals surface area (Å²) in [4.78, 5) is 27.2. The summed E-state index contributed by atoms with van der Waals surface area (Å²) in [6, 6.07) is 14.9. The van der Waals surface area contributed by atoms with Crippen molar-refractivity contribution >= 4 is 11.9 Å². The minimum Gasteiger partial charge on any atom is -0.442 e. The van der Waals surface area contributed by atoms with E-state index in [-0.39, 0.29) is 17.4 Å². The predicted molar refractivity (Wildman–Crippen MR) is 109 cm³/mol. The van der Waals surface area contributed by atoms with Gasteiger partial charge in [-0.15, -0.1) is 0 Å². The zero-order chi connectivity index (χ0) is 21.3. The van der Waals surface area contributed by atoms with Crippen molar-refractivity contribution in [1.82, 2.24) is 14.7 Å². The summed E-state index contributed by atoms with van der Waals surface area (Å²) in [5.41, 5.74) is 3.23. The van der Waals surface area contributed by atoms with Crippen LogP contribution in [-0.2, 0) is 22.4 Å². The van der Waals surface area contributed by atoms with Gasteiger partial charge in [-0.1, -0.05) is 30.3 Å². The van der Waals surface area contributed by atoms with Crippen LogP contribution in [0.1, 0.15) is 39.8 Å². The minimum absolute atomic E-state index is 0.208. The van der Waals surface area contributed by atoms with Crippen molar-refractivity contribution in [2.24, 2.45) is 0 Å². The van der Waals surface area contributed by atoms with Gasteiger partial charge in [0.2, 0.25) is 6.10 Å². The van der Waals surface area contributed by atoms with E-state index < -0.39 is 12.1 Å². The van der Waals surface area contributed by atoms with Gasteiger partial charge >= 0.3 is 5.97 Å². The highest BCUT2D eigenvalue weighted by Crippen LogP contribution is 2.30. The number of esters is 1. The number of aromatic nitrogens is 2. The molecule has 1 unspecified atom stereocenters. The molecular weight excluding hydrogens is 385 g/mol. The largest absolute Gasteiger partial charge is 0.442 e. The van der Waals surface area contributed by atoms with Crippen molar-refractivity contribution in [1.29, 1.82) is 0 Å². The number of amides is 1. The molecule has 1 aliphatic rings. The van der Waals surface area contributed by atoms with Crippen LogP contribution in [0.4, 0.5) is 4.39 Å². The van der Waals surface area contributed by atoms with Gasteiger partial charge in [0.05, 0.1) is 5.69 Å². The third-order valence-corrected chi connectivity index (χ3v) is 5.19. The number of carbonyl (C=O) groups excluding carboxylic acids is 2. The second kappa shape index (κ2) is 8.10. The van der Waals surface area contributed by atoms with Gasteiger partial charge in [-0.3, -0.25) is 4.79 Å². The number of fused-ring (bicyclic) bond motifs is 1. The fourth-order valence-corrected chi connectivity index (χ4v) is 3.68. The quantitative estimate of drug-likeness (QED) is 0.608. The highest BCUT2D eigenvalue weighted by molar-refractivity contribution is 5.92. The summed E-state index contributed by atoms with van der Waals surface area (Å²) in [6.07, 6.45) is 1.32. The van der Waals surface area contributed by atoms with Crippen LogP contribution in [0, 0.1) is 5.82 Å². The van der Waals surface area contributed by atoms with Gasteiger partial charge in [-0.25, -0.2) is 13.9 Å². The van der Waals surface area contributed by atoms with Gasteiger partial charge in [0.15, 0.2) is 5.69 Å². The molecule has 0 bridgehead atoms. The first kappa shape index (κ1) is 19.8. The van der Waals surface area contributed by atoms with Gasteiger partial charge in [-0.05, 0) is 43.5 Å². The molecule has 0 aliphatic heterocycles. The molecule has 1 aromatic heterocycles. The predicted octanol–water partition coefficient (Wildman–Crippen LogP) is 3.49. The zero-order valence-corrected chi connectivity index (χ0v) is 16.8. The number of hydrogen-bond donors (Lipinski definition) is 0. The number of hydrogen-bond acceptors (Lipinski definition) is 4. The summed E-state index contributed by atoms with van der Waals surface area (Å²) in [5, 5.41) is 4.48. The molecular formula is C23H22FN3O3. The van der Waals surface area contributed by atoms with Gasteiger partial charge < -0.3 is 9.64 Å². The molecule has 1 atom stereocenters. The van der Waals surface area contributed by atoms with Crippen molar-refractivity contribution in [2.45, 2.75) is 25.4 Å². The maximum atomic E-state index is 13.3. The Bertz CT molecular complexity index is 1080. The number of carbonyl (C=O) groups is 2. The molecule has 0 saturated carbocycles. The zero-order valence-electron chi connectivity index (χ0n) is 16.8. The van der Waals surface area contributed by atoms with Crippen LogP contribution in [0.25, 0.3) is 5.69 Å². The molecule has 1 amide bonds. The van der Waals surface area contributed by atoms with Crippen LogP contribution in [0.15, 0.2) is 54.6 Å². The lowest BCUT2D eigenvalue weighted by Crippen LogP contribution is -2.31. The molecule has 1 aliphatic carbocycles. The Balaban J connectivity index is 1.68. The first-order valence-electron chi connectivity index (χ1n) is 9.79. The van der Waals surface area contributed by atoms with Gasteiger partial charge in [0.25, 0.3) is 5.91 Å². The Morgan fingerprint density at radius 1 is 1.07 bits per heavy atom. The van der Waals surface area contributed by atoms with Crippen molar-refractivity contribution in [3.8, 4) is 5.69 Å². The van der Waals surface area contributed by atoms with E-state index in [4.69, 9.17) is 4.74 Å². The van der Waals surface area contributed by atoms with E-state index >= 15 is 0 Å². The molecule has 3 aromatic rings. The van der Waals surface area contributed by atoms with E-state index in [1.165, 1.54) is 17.0 Å². The Morgan fingerprint density at radius 2 is 1.77 bits per heavy atom. The van der Waals surface area contributed by atoms with Crippen molar-refractivity contribution < 1.29 is 18.7 Å². The number of nitrogens with zero attached hydrogens (tertiary/aromatic N) is 3. The average Bonchev–Trinajstić information content (AvgIpc) is 3.35. The first-order chi connectivity index (χ1) is 14.5. The fourth-order valence-electron chi connectivity index (χ4n) is 3.68. The summed E-state index contributed by atoms with van der Waals surface area (Å²) in [6.45, 7) is 0. The summed E-state index contributed by atoms with van der Waals surface area (Å²) in [5.74, 6) is -1.31. The van der Waals surface area contributed by atoms with E-state index in [0.717, 1.165) is 24.1 Å². The monoisotopic (exact) mass is 407 g/mol. The van der Waals surface area contributed by atoms with E-state index in [2.05, 4.69) is 5.10 Å². The van der Waals surface area contributed by atoms with Crippen LogP contribution in [-0.4, -0.2) is 40.7 Å². The molecule has 2 aromatic carbocycles. The van der Waals surface area contributed by atoms with E-state index in [1.54, 1.807) is 55.2 Å². The van der Waals surface area contributed by atoms with Crippen molar-refractivity contribution in [2.75, 3.05) is 14.1 Å². The first-order valence-corrected chi connectivity index (χ1v) is 9.79. The Morgan fingerprint density at radius 3 is 2.43 bits per heavy atom. The SMILES string of the molecule is CN(C)C(=O)C(OC(=O)c1nn(-c2ccc(F)cc2)c2c1CCC2)c1ccccc1. The van der Waals surface area contributed by atoms with Gasteiger partial charge in [0, 0.05) is 30.9 Å². The van der Waals surface area contributed by atoms with Crippen LogP contribution < -0.4 is 0 Å². The lowest BCUT2D eigenvalue weighted by atomic mass is 10.1. The third-order valence-electron chi connectivity index (χ3n) is 5.19. The molecule has 154 valence electrons. The Hall–Kier alpha value is -3.48. The normalized spacial score (nSPS) is 13.6. The second-order valence-corrected chi connectivity index (χ2v) is 7.44. The van der Waals surface area contributed by atoms with Gasteiger partial charge in [0.1, 0.15) is 5.82 Å². The molecule has 0 radical (unpaired) electrons. The standard InChI is InChI=1S/C23H22FN3O3/c1-26(2)22(28)21(15-7-4-3-5-8-15)30-23(29)20-18-9-6-10-19(18)27(25-20)17-13-11-16(24)12-14-17/h3-5,7-8,11-14,21H,6,9-10H2,1-2H3. The minimum atomic E-state index is -1.05. The topological polar surface area (TPSA) is 64.4 Å². The van der Waals surface area contributed by atoms with Crippen LogP contribution in [0.5, 0.6) is 0 Å². The fraction of sp³-hybridized carbons (Fsp3) is 0.261. The van der Waals surface area contributed by atoms with Crippen LogP contribution in [0.3, 0.4) is 0 Å². The molecule has 6 nitrogen and oxygen atoms in total. The Labute approximate surface area is 173 Å². The van der Waals surface area contributed by atoms with E-state index in [1.807, 2.05) is 6.07 Å². The highest BCUT2D eigenvalue weighted by atomic mass is 19.1. The molecule has 7 heteroatoms. The molecule has 0 saturated heterocycles. The number of rotatable bonds is 5. The summed E-state index contributed by atoms with van der Waals surface area (Å²) in [7, 11) is 3.24. The number of likely N-dealkylation sites (N-methyl/N-ethyl adjacent to an activating group) is 1. The molecule has 4 rings (SSSR count). The maximum Gasteiger partial charge on any atom is 0.360 e. The maximum absolute atomic E-state index is 13.3. The lowest BCUT2D eigenvalue weighted by Gasteiger charge is -2.21. The lowest BCUT2D eigenvalue weighted by molar-refractivity contribution is -0.138. The van der Waals surface area contributed by atoms with E-state index in [9.17, 15) is 14.0 Å².